The summed E-state index contributed by atoms with van der Waals surface area (Å²) in [5.74, 6) is 0.189. The molecular weight excluding hydrogens is 304 g/mol. The van der Waals surface area contributed by atoms with Gasteiger partial charge >= 0.3 is 0 Å². The summed E-state index contributed by atoms with van der Waals surface area (Å²) in [5, 5.41) is 2.79. The van der Waals surface area contributed by atoms with Gasteiger partial charge in [-0.05, 0) is 28.1 Å². The number of halogens is 1. The average Bonchev–Trinajstić information content (AvgIpc) is 2.62. The highest BCUT2D eigenvalue weighted by atomic mass is 79.9. The van der Waals surface area contributed by atoms with Crippen molar-refractivity contribution in [1.82, 2.24) is 10.2 Å². The second kappa shape index (κ2) is 5.75. The molecule has 0 atom stereocenters. The molecule has 0 aliphatic carbocycles. The van der Waals surface area contributed by atoms with Gasteiger partial charge in [0.15, 0.2) is 5.78 Å². The molecule has 0 aromatic carbocycles. The number of carbonyl (C=O) groups excluding carboxylic acids is 2. The number of amides is 1. The Kier molecular flexibility index (Phi) is 4.31. The summed E-state index contributed by atoms with van der Waals surface area (Å²) < 4.78 is 0.966. The van der Waals surface area contributed by atoms with Crippen LogP contribution in [0.2, 0.25) is 0 Å². The van der Waals surface area contributed by atoms with Crippen molar-refractivity contribution in [1.29, 1.82) is 0 Å². The van der Waals surface area contributed by atoms with Crippen molar-refractivity contribution in [2.75, 3.05) is 26.2 Å². The Bertz CT molecular complexity index is 433. The lowest BCUT2D eigenvalue weighted by atomic mass is 10.3. The van der Waals surface area contributed by atoms with Gasteiger partial charge in [-0.1, -0.05) is 0 Å². The summed E-state index contributed by atoms with van der Waals surface area (Å²) in [5.41, 5.74) is 0. The molecule has 0 unspecified atom stereocenters. The SMILES string of the molecule is O=C1CCN(CC(=O)c2ccc(Br)s2)CCN1. The van der Waals surface area contributed by atoms with Crippen LogP contribution in [0.15, 0.2) is 15.9 Å². The van der Waals surface area contributed by atoms with Crippen LogP contribution in [0.4, 0.5) is 0 Å². The topological polar surface area (TPSA) is 49.4 Å². The van der Waals surface area contributed by atoms with Crippen LogP contribution in [0.25, 0.3) is 0 Å². The lowest BCUT2D eigenvalue weighted by Crippen LogP contribution is -2.32. The fourth-order valence-electron chi connectivity index (χ4n) is 1.72. The van der Waals surface area contributed by atoms with E-state index in [1.165, 1.54) is 11.3 Å². The molecular formula is C11H13BrN2O2S. The molecule has 2 heterocycles. The van der Waals surface area contributed by atoms with Crippen molar-refractivity contribution < 1.29 is 9.59 Å². The van der Waals surface area contributed by atoms with E-state index in [-0.39, 0.29) is 11.7 Å². The van der Waals surface area contributed by atoms with Gasteiger partial charge in [-0.25, -0.2) is 0 Å². The number of hydrogen-bond donors (Lipinski definition) is 1. The molecule has 0 saturated carbocycles. The standard InChI is InChI=1S/C11H13BrN2O2S/c12-10-2-1-9(17-10)8(15)7-14-5-3-11(16)13-4-6-14/h1-2H,3-7H2,(H,13,16). The summed E-state index contributed by atoms with van der Waals surface area (Å²) in [6, 6.07) is 3.71. The highest BCUT2D eigenvalue weighted by molar-refractivity contribution is 9.11. The first-order valence-corrected chi connectivity index (χ1v) is 7.04. The van der Waals surface area contributed by atoms with Crippen LogP contribution < -0.4 is 5.32 Å². The number of nitrogens with one attached hydrogen (secondary N) is 1. The lowest BCUT2D eigenvalue weighted by molar-refractivity contribution is -0.120. The third-order valence-electron chi connectivity index (χ3n) is 2.62. The van der Waals surface area contributed by atoms with E-state index >= 15 is 0 Å². The Morgan fingerprint density at radius 2 is 2.29 bits per heavy atom. The number of Topliss-reactive ketones (excluding diaryl/α,β-unsaturated/α-hetero) is 1. The van der Waals surface area contributed by atoms with Gasteiger partial charge in [0.2, 0.25) is 5.91 Å². The summed E-state index contributed by atoms with van der Waals surface area (Å²) in [7, 11) is 0. The van der Waals surface area contributed by atoms with Crippen molar-refractivity contribution in [3.05, 3.63) is 20.8 Å². The Balaban J connectivity index is 1.92. The van der Waals surface area contributed by atoms with Crippen molar-refractivity contribution >= 4 is 39.0 Å². The minimum atomic E-state index is 0.0683. The first kappa shape index (κ1) is 12.7. The Hall–Kier alpha value is -0.720. The molecule has 0 spiro atoms. The van der Waals surface area contributed by atoms with Crippen LogP contribution in [0.5, 0.6) is 0 Å². The van der Waals surface area contributed by atoms with Crippen LogP contribution in [0.3, 0.4) is 0 Å². The molecule has 0 bridgehead atoms. The summed E-state index contributed by atoms with van der Waals surface area (Å²) in [6.07, 6.45) is 0.474. The van der Waals surface area contributed by atoms with Gasteiger partial charge < -0.3 is 5.32 Å². The second-order valence-corrected chi connectivity index (χ2v) is 6.37. The maximum atomic E-state index is 12.0. The van der Waals surface area contributed by atoms with Gasteiger partial charge in [-0.2, -0.15) is 0 Å². The van der Waals surface area contributed by atoms with Crippen LogP contribution in [0.1, 0.15) is 16.1 Å². The quantitative estimate of drug-likeness (QED) is 0.860. The van der Waals surface area contributed by atoms with E-state index in [0.29, 0.717) is 26.1 Å². The fraction of sp³-hybridized carbons (Fsp3) is 0.455. The predicted molar refractivity (Wildman–Crippen MR) is 70.4 cm³/mol. The summed E-state index contributed by atoms with van der Waals surface area (Å²) >= 11 is 4.79. The fourth-order valence-corrected chi connectivity index (χ4v) is 3.03. The maximum absolute atomic E-state index is 12.0. The molecule has 1 aliphatic heterocycles. The molecule has 1 N–H and O–H groups in total. The molecule has 0 radical (unpaired) electrons. The monoisotopic (exact) mass is 316 g/mol. The largest absolute Gasteiger partial charge is 0.355 e. The van der Waals surface area contributed by atoms with E-state index in [9.17, 15) is 9.59 Å². The van der Waals surface area contributed by atoms with Crippen LogP contribution in [-0.4, -0.2) is 42.8 Å². The van der Waals surface area contributed by atoms with Crippen molar-refractivity contribution in [3.63, 3.8) is 0 Å². The molecule has 2 rings (SSSR count). The number of thiophene rings is 1. The van der Waals surface area contributed by atoms with E-state index < -0.39 is 0 Å². The zero-order valence-electron chi connectivity index (χ0n) is 9.24. The average molecular weight is 317 g/mol. The van der Waals surface area contributed by atoms with E-state index in [0.717, 1.165) is 15.2 Å². The third-order valence-corrected chi connectivity index (χ3v) is 4.29. The summed E-state index contributed by atoms with van der Waals surface area (Å²) in [4.78, 5) is 25.9. The first-order chi connectivity index (χ1) is 8.15. The van der Waals surface area contributed by atoms with Crippen LogP contribution in [0, 0.1) is 0 Å². The van der Waals surface area contributed by atoms with E-state index in [1.54, 1.807) is 0 Å². The highest BCUT2D eigenvalue weighted by Crippen LogP contribution is 2.22. The maximum Gasteiger partial charge on any atom is 0.221 e. The molecule has 17 heavy (non-hydrogen) atoms. The predicted octanol–water partition coefficient (Wildman–Crippen LogP) is 1.52. The minimum Gasteiger partial charge on any atom is -0.355 e. The highest BCUT2D eigenvalue weighted by Gasteiger charge is 2.17. The molecule has 4 nitrogen and oxygen atoms in total. The molecule has 6 heteroatoms. The molecule has 1 saturated heterocycles. The number of hydrogen-bond acceptors (Lipinski definition) is 4. The lowest BCUT2D eigenvalue weighted by Gasteiger charge is -2.17. The normalized spacial score (nSPS) is 17.6. The van der Waals surface area contributed by atoms with Gasteiger partial charge in [-0.3, -0.25) is 14.5 Å². The number of nitrogens with zero attached hydrogens (tertiary/aromatic N) is 1. The molecule has 1 aliphatic rings. The van der Waals surface area contributed by atoms with Gasteiger partial charge in [-0.15, -0.1) is 11.3 Å². The number of carbonyl (C=O) groups is 2. The molecule has 1 amide bonds. The van der Waals surface area contributed by atoms with Crippen molar-refractivity contribution in [2.45, 2.75) is 6.42 Å². The van der Waals surface area contributed by atoms with Crippen LogP contribution >= 0.6 is 27.3 Å². The van der Waals surface area contributed by atoms with Gasteiger partial charge in [0.1, 0.15) is 0 Å². The first-order valence-electron chi connectivity index (χ1n) is 5.43. The van der Waals surface area contributed by atoms with Gasteiger partial charge in [0.25, 0.3) is 0 Å². The van der Waals surface area contributed by atoms with Crippen molar-refractivity contribution in [2.24, 2.45) is 0 Å². The van der Waals surface area contributed by atoms with E-state index in [4.69, 9.17) is 0 Å². The molecule has 92 valence electrons. The zero-order valence-corrected chi connectivity index (χ0v) is 11.6. The third kappa shape index (κ3) is 3.62. The second-order valence-electron chi connectivity index (χ2n) is 3.90. The zero-order chi connectivity index (χ0) is 12.3. The van der Waals surface area contributed by atoms with Gasteiger partial charge in [0.05, 0.1) is 15.2 Å². The Labute approximate surface area is 112 Å². The Morgan fingerprint density at radius 3 is 3.00 bits per heavy atom. The molecule has 1 aromatic heterocycles. The number of rotatable bonds is 3. The molecule has 1 aromatic rings. The Morgan fingerprint density at radius 1 is 1.47 bits per heavy atom. The number of ketones is 1. The van der Waals surface area contributed by atoms with Crippen LogP contribution in [-0.2, 0) is 4.79 Å². The molecule has 1 fully saturated rings. The van der Waals surface area contributed by atoms with E-state index in [1.807, 2.05) is 17.0 Å². The van der Waals surface area contributed by atoms with E-state index in [2.05, 4.69) is 21.2 Å². The minimum absolute atomic E-state index is 0.0683. The summed E-state index contributed by atoms with van der Waals surface area (Å²) in [6.45, 7) is 2.41. The van der Waals surface area contributed by atoms with Crippen molar-refractivity contribution in [3.8, 4) is 0 Å². The van der Waals surface area contributed by atoms with Gasteiger partial charge in [0, 0.05) is 26.1 Å². The smallest absolute Gasteiger partial charge is 0.221 e.